The summed E-state index contributed by atoms with van der Waals surface area (Å²) in [6.45, 7) is 5.27. The zero-order valence-corrected chi connectivity index (χ0v) is 15.0. The number of carbonyl (C=O) groups excluding carboxylic acids is 2. The lowest BCUT2D eigenvalue weighted by Crippen LogP contribution is -2.16. The molecule has 1 aromatic heterocycles. The van der Waals surface area contributed by atoms with Crippen LogP contribution in [0.3, 0.4) is 0 Å². The Morgan fingerprint density at radius 2 is 1.96 bits per heavy atom. The van der Waals surface area contributed by atoms with Crippen molar-refractivity contribution in [3.63, 3.8) is 0 Å². The van der Waals surface area contributed by atoms with Gasteiger partial charge in [-0.2, -0.15) is 0 Å². The van der Waals surface area contributed by atoms with Crippen molar-refractivity contribution in [2.24, 2.45) is 0 Å². The second-order valence-corrected chi connectivity index (χ2v) is 6.52. The summed E-state index contributed by atoms with van der Waals surface area (Å²) in [5.41, 5.74) is 1.33. The van der Waals surface area contributed by atoms with Crippen LogP contribution in [0.15, 0.2) is 40.3 Å². The molecule has 8 heteroatoms. The number of anilines is 1. The molecule has 1 aromatic carbocycles. The van der Waals surface area contributed by atoms with Gasteiger partial charge in [0.25, 0.3) is 5.56 Å². The third-order valence-corrected chi connectivity index (χ3v) is 3.81. The minimum atomic E-state index is -0.405. The van der Waals surface area contributed by atoms with Crippen LogP contribution in [-0.4, -0.2) is 33.7 Å². The number of aromatic nitrogens is 2. The van der Waals surface area contributed by atoms with Crippen LogP contribution in [0.4, 0.5) is 5.69 Å². The summed E-state index contributed by atoms with van der Waals surface area (Å²) in [6.07, 6.45) is -0.189. The number of hydrogen-bond donors (Lipinski definition) is 2. The average Bonchev–Trinajstić information content (AvgIpc) is 2.52. The van der Waals surface area contributed by atoms with E-state index in [4.69, 9.17) is 4.74 Å². The van der Waals surface area contributed by atoms with Crippen LogP contribution in [0.1, 0.15) is 29.9 Å². The highest BCUT2D eigenvalue weighted by Crippen LogP contribution is 2.14. The Morgan fingerprint density at radius 1 is 1.28 bits per heavy atom. The van der Waals surface area contributed by atoms with Crippen molar-refractivity contribution in [2.45, 2.75) is 32.0 Å². The largest absolute Gasteiger partial charge is 0.459 e. The lowest BCUT2D eigenvalue weighted by atomic mass is 10.2. The van der Waals surface area contributed by atoms with Crippen molar-refractivity contribution in [2.75, 3.05) is 11.1 Å². The fourth-order valence-corrected chi connectivity index (χ4v) is 2.64. The molecule has 132 valence electrons. The van der Waals surface area contributed by atoms with Gasteiger partial charge < -0.3 is 15.0 Å². The lowest BCUT2D eigenvalue weighted by molar-refractivity contribution is -0.113. The number of rotatable bonds is 6. The zero-order valence-electron chi connectivity index (χ0n) is 14.2. The molecule has 0 fully saturated rings. The fraction of sp³-hybridized carbons (Fsp3) is 0.294. The Hall–Kier alpha value is -2.61. The maximum absolute atomic E-state index is 12.0. The van der Waals surface area contributed by atoms with E-state index in [9.17, 15) is 14.4 Å². The Labute approximate surface area is 149 Å². The molecule has 7 nitrogen and oxygen atoms in total. The van der Waals surface area contributed by atoms with E-state index in [1.807, 2.05) is 0 Å². The topological polar surface area (TPSA) is 101 Å². The monoisotopic (exact) mass is 361 g/mol. The van der Waals surface area contributed by atoms with Crippen LogP contribution >= 0.6 is 11.8 Å². The number of ether oxygens (including phenoxy) is 1. The number of benzene rings is 1. The number of carbonyl (C=O) groups is 2. The summed E-state index contributed by atoms with van der Waals surface area (Å²) in [5.74, 6) is -0.548. The van der Waals surface area contributed by atoms with E-state index in [0.717, 1.165) is 11.8 Å². The van der Waals surface area contributed by atoms with E-state index in [1.54, 1.807) is 45.0 Å². The van der Waals surface area contributed by atoms with Gasteiger partial charge in [-0.25, -0.2) is 9.78 Å². The maximum atomic E-state index is 12.0. The predicted molar refractivity (Wildman–Crippen MR) is 95.9 cm³/mol. The number of thioether (sulfide) groups is 1. The van der Waals surface area contributed by atoms with Crippen LogP contribution in [0.5, 0.6) is 0 Å². The number of H-pyrrole nitrogens is 1. The van der Waals surface area contributed by atoms with E-state index in [0.29, 0.717) is 22.1 Å². The highest BCUT2D eigenvalue weighted by molar-refractivity contribution is 7.99. The maximum Gasteiger partial charge on any atom is 0.338 e. The minimum absolute atomic E-state index is 0.101. The van der Waals surface area contributed by atoms with E-state index < -0.39 is 5.97 Å². The Kier molecular flexibility index (Phi) is 6.35. The average molecular weight is 361 g/mol. The van der Waals surface area contributed by atoms with Gasteiger partial charge in [-0.1, -0.05) is 11.8 Å². The van der Waals surface area contributed by atoms with Gasteiger partial charge in [0.2, 0.25) is 5.91 Å². The summed E-state index contributed by atoms with van der Waals surface area (Å²) < 4.78 is 5.10. The van der Waals surface area contributed by atoms with Crippen LogP contribution < -0.4 is 10.9 Å². The SMILES string of the molecule is Cc1cc(=O)[nH]c(SCC(=O)Nc2ccc(C(=O)OC(C)C)cc2)n1. The van der Waals surface area contributed by atoms with Crippen LogP contribution in [0, 0.1) is 6.92 Å². The molecule has 2 N–H and O–H groups in total. The molecule has 1 amide bonds. The van der Waals surface area contributed by atoms with Crippen LogP contribution in [-0.2, 0) is 9.53 Å². The third-order valence-electron chi connectivity index (χ3n) is 2.94. The molecule has 0 saturated heterocycles. The number of nitrogens with one attached hydrogen (secondary N) is 2. The van der Waals surface area contributed by atoms with E-state index >= 15 is 0 Å². The summed E-state index contributed by atoms with van der Waals surface area (Å²) in [4.78, 5) is 41.8. The smallest absolute Gasteiger partial charge is 0.338 e. The Balaban J connectivity index is 1.90. The third kappa shape index (κ3) is 6.07. The highest BCUT2D eigenvalue weighted by Gasteiger charge is 2.10. The number of amides is 1. The van der Waals surface area contributed by atoms with Crippen molar-refractivity contribution in [1.29, 1.82) is 0 Å². The normalized spacial score (nSPS) is 10.6. The molecule has 1 heterocycles. The number of nitrogens with zero attached hydrogens (tertiary/aromatic N) is 1. The first-order chi connectivity index (χ1) is 11.8. The molecule has 2 aromatic rings. The lowest BCUT2D eigenvalue weighted by Gasteiger charge is -2.09. The number of aryl methyl sites for hydroxylation is 1. The van der Waals surface area contributed by atoms with Crippen LogP contribution in [0.25, 0.3) is 0 Å². The first-order valence-corrected chi connectivity index (χ1v) is 8.63. The summed E-state index contributed by atoms with van der Waals surface area (Å²) in [5, 5.41) is 3.11. The molecule has 0 aliphatic rings. The van der Waals surface area contributed by atoms with Gasteiger partial charge in [-0.15, -0.1) is 0 Å². The van der Waals surface area contributed by atoms with Crippen molar-refractivity contribution >= 4 is 29.3 Å². The molecular weight excluding hydrogens is 342 g/mol. The minimum Gasteiger partial charge on any atom is -0.459 e. The van der Waals surface area contributed by atoms with Gasteiger partial charge in [-0.3, -0.25) is 9.59 Å². The molecule has 0 unspecified atom stereocenters. The second kappa shape index (κ2) is 8.48. The molecule has 25 heavy (non-hydrogen) atoms. The van der Waals surface area contributed by atoms with Crippen molar-refractivity contribution in [3.05, 3.63) is 51.9 Å². The Morgan fingerprint density at radius 3 is 2.56 bits per heavy atom. The summed E-state index contributed by atoms with van der Waals surface area (Å²) >= 11 is 1.14. The second-order valence-electron chi connectivity index (χ2n) is 5.56. The van der Waals surface area contributed by atoms with Gasteiger partial charge >= 0.3 is 5.97 Å². The highest BCUT2D eigenvalue weighted by atomic mass is 32.2. The molecule has 0 saturated carbocycles. The zero-order chi connectivity index (χ0) is 18.4. The fourth-order valence-electron chi connectivity index (χ4n) is 1.92. The standard InChI is InChI=1S/C17H19N3O4S/c1-10(2)24-16(23)12-4-6-13(7-5-12)19-15(22)9-25-17-18-11(3)8-14(21)20-17/h4-8,10H,9H2,1-3H3,(H,19,22)(H,18,20,21). The van der Waals surface area contributed by atoms with Gasteiger partial charge in [0.15, 0.2) is 5.16 Å². The van der Waals surface area contributed by atoms with Crippen molar-refractivity contribution < 1.29 is 14.3 Å². The van der Waals surface area contributed by atoms with Gasteiger partial charge in [0.05, 0.1) is 17.4 Å². The van der Waals surface area contributed by atoms with Gasteiger partial charge in [0.1, 0.15) is 0 Å². The molecule has 0 aliphatic heterocycles. The molecule has 0 bridgehead atoms. The van der Waals surface area contributed by atoms with Gasteiger partial charge in [-0.05, 0) is 45.0 Å². The molecule has 0 spiro atoms. The van der Waals surface area contributed by atoms with E-state index in [2.05, 4.69) is 15.3 Å². The quantitative estimate of drug-likeness (QED) is 0.465. The number of hydrogen-bond acceptors (Lipinski definition) is 6. The molecule has 0 atom stereocenters. The van der Waals surface area contributed by atoms with E-state index in [1.165, 1.54) is 6.07 Å². The molecular formula is C17H19N3O4S. The summed E-state index contributed by atoms with van der Waals surface area (Å²) in [6, 6.07) is 7.83. The number of esters is 1. The summed E-state index contributed by atoms with van der Waals surface area (Å²) in [7, 11) is 0. The first kappa shape index (κ1) is 18.7. The van der Waals surface area contributed by atoms with Crippen LogP contribution in [0.2, 0.25) is 0 Å². The Bertz CT molecular complexity index is 815. The van der Waals surface area contributed by atoms with E-state index in [-0.39, 0.29) is 23.3 Å². The molecule has 0 aliphatic carbocycles. The predicted octanol–water partition coefficient (Wildman–Crippen LogP) is 2.37. The first-order valence-electron chi connectivity index (χ1n) is 7.65. The molecule has 0 radical (unpaired) electrons. The number of aromatic amines is 1. The molecule has 2 rings (SSSR count). The van der Waals surface area contributed by atoms with Crippen molar-refractivity contribution in [1.82, 2.24) is 9.97 Å². The van der Waals surface area contributed by atoms with Crippen molar-refractivity contribution in [3.8, 4) is 0 Å². The van der Waals surface area contributed by atoms with Gasteiger partial charge in [0, 0.05) is 17.4 Å².